The van der Waals surface area contributed by atoms with E-state index < -0.39 is 0 Å². The van der Waals surface area contributed by atoms with Crippen LogP contribution in [0.4, 0.5) is 5.69 Å². The molecule has 5 rings (SSSR count). The number of para-hydroxylation sites is 3. The summed E-state index contributed by atoms with van der Waals surface area (Å²) >= 11 is 6.48. The van der Waals surface area contributed by atoms with Crippen molar-refractivity contribution >= 4 is 34.1 Å². The van der Waals surface area contributed by atoms with Gasteiger partial charge in [0.1, 0.15) is 5.75 Å². The molecule has 2 aromatic carbocycles. The Labute approximate surface area is 203 Å². The van der Waals surface area contributed by atoms with Crippen LogP contribution in [0.15, 0.2) is 73.1 Å². The fourth-order valence-corrected chi connectivity index (χ4v) is 4.59. The molecule has 0 N–H and O–H groups in total. The number of piperazine rings is 1. The highest BCUT2D eigenvalue weighted by Gasteiger charge is 2.26. The van der Waals surface area contributed by atoms with E-state index in [0.717, 1.165) is 35.5 Å². The van der Waals surface area contributed by atoms with Gasteiger partial charge >= 0.3 is 0 Å². The quantitative estimate of drug-likeness (QED) is 0.394. The third-order valence-electron chi connectivity index (χ3n) is 6.05. The number of ether oxygens (including phenoxy) is 1. The fourth-order valence-electron chi connectivity index (χ4n) is 4.37. The van der Waals surface area contributed by atoms with Crippen molar-refractivity contribution in [3.05, 3.63) is 83.6 Å². The first-order valence-electron chi connectivity index (χ1n) is 11.4. The van der Waals surface area contributed by atoms with Gasteiger partial charge in [0.15, 0.2) is 0 Å². The molecule has 0 saturated carbocycles. The number of halogens is 1. The topological polar surface area (TPSA) is 58.6 Å². The van der Waals surface area contributed by atoms with Crippen molar-refractivity contribution in [1.29, 1.82) is 0 Å². The second kappa shape index (κ2) is 9.69. The number of aromatic nitrogens is 2. The van der Waals surface area contributed by atoms with Crippen LogP contribution in [0.1, 0.15) is 17.3 Å². The Morgan fingerprint density at radius 3 is 2.62 bits per heavy atom. The summed E-state index contributed by atoms with van der Waals surface area (Å²) < 4.78 is 5.80. The molecule has 34 heavy (non-hydrogen) atoms. The van der Waals surface area contributed by atoms with Gasteiger partial charge in [-0.1, -0.05) is 35.9 Å². The maximum atomic E-state index is 13.7. The third-order valence-corrected chi connectivity index (χ3v) is 6.36. The molecule has 0 radical (unpaired) electrons. The number of hydrogen-bond donors (Lipinski definition) is 0. The van der Waals surface area contributed by atoms with Gasteiger partial charge in [-0.15, -0.1) is 0 Å². The van der Waals surface area contributed by atoms with Crippen LogP contribution in [0.5, 0.6) is 5.75 Å². The standard InChI is InChI=1S/C27H25ClN4O2/c1-2-34-25-11-4-3-10-24(25)31-13-15-32(16-14-31)27(33)21-17-23(19-7-6-12-29-18-19)30-26-20(21)8-5-9-22(26)28/h3-12,17-18H,2,13-16H2,1H3. The second-order valence-corrected chi connectivity index (χ2v) is 8.52. The number of benzene rings is 2. The Morgan fingerprint density at radius 1 is 1.03 bits per heavy atom. The van der Waals surface area contributed by atoms with Crippen molar-refractivity contribution in [2.45, 2.75) is 6.92 Å². The van der Waals surface area contributed by atoms with Crippen LogP contribution in [0.25, 0.3) is 22.2 Å². The fraction of sp³-hybridized carbons (Fsp3) is 0.222. The number of hydrogen-bond acceptors (Lipinski definition) is 5. The average Bonchev–Trinajstić information content (AvgIpc) is 2.89. The smallest absolute Gasteiger partial charge is 0.254 e. The Morgan fingerprint density at radius 2 is 1.85 bits per heavy atom. The minimum Gasteiger partial charge on any atom is -0.492 e. The van der Waals surface area contributed by atoms with Crippen LogP contribution in [0.2, 0.25) is 5.02 Å². The first kappa shape index (κ1) is 22.2. The van der Waals surface area contributed by atoms with Crippen molar-refractivity contribution in [1.82, 2.24) is 14.9 Å². The highest BCUT2D eigenvalue weighted by molar-refractivity contribution is 6.35. The maximum Gasteiger partial charge on any atom is 0.254 e. The number of anilines is 1. The van der Waals surface area contributed by atoms with Crippen LogP contribution in [-0.2, 0) is 0 Å². The van der Waals surface area contributed by atoms with Crippen molar-refractivity contribution in [3.8, 4) is 17.0 Å². The Hall–Kier alpha value is -3.64. The van der Waals surface area contributed by atoms with Crippen LogP contribution < -0.4 is 9.64 Å². The molecule has 0 bridgehead atoms. The van der Waals surface area contributed by atoms with Crippen LogP contribution in [0.3, 0.4) is 0 Å². The summed E-state index contributed by atoms with van der Waals surface area (Å²) in [6.07, 6.45) is 3.46. The van der Waals surface area contributed by atoms with Gasteiger partial charge in [-0.25, -0.2) is 4.98 Å². The predicted octanol–water partition coefficient (Wildman–Crippen LogP) is 5.31. The number of nitrogens with zero attached hydrogens (tertiary/aromatic N) is 4. The van der Waals surface area contributed by atoms with E-state index in [2.05, 4.69) is 16.0 Å². The zero-order valence-electron chi connectivity index (χ0n) is 18.9. The van der Waals surface area contributed by atoms with E-state index in [-0.39, 0.29) is 5.91 Å². The van der Waals surface area contributed by atoms with Crippen molar-refractivity contribution < 1.29 is 9.53 Å². The Balaban J connectivity index is 1.44. The molecule has 6 nitrogen and oxygen atoms in total. The van der Waals surface area contributed by atoms with E-state index in [4.69, 9.17) is 21.3 Å². The van der Waals surface area contributed by atoms with E-state index in [9.17, 15) is 4.79 Å². The minimum atomic E-state index is -0.0162. The SMILES string of the molecule is CCOc1ccccc1N1CCN(C(=O)c2cc(-c3cccnc3)nc3c(Cl)cccc23)CC1. The molecule has 0 unspecified atom stereocenters. The summed E-state index contributed by atoms with van der Waals surface area (Å²) in [5, 5.41) is 1.28. The molecule has 7 heteroatoms. The lowest BCUT2D eigenvalue weighted by Gasteiger charge is -2.37. The van der Waals surface area contributed by atoms with E-state index >= 15 is 0 Å². The maximum absolute atomic E-state index is 13.7. The molecule has 0 aliphatic carbocycles. The van der Waals surface area contributed by atoms with Gasteiger partial charge in [0.25, 0.3) is 5.91 Å². The lowest BCUT2D eigenvalue weighted by molar-refractivity contribution is 0.0748. The summed E-state index contributed by atoms with van der Waals surface area (Å²) in [4.78, 5) is 26.8. The van der Waals surface area contributed by atoms with E-state index in [1.54, 1.807) is 18.5 Å². The molecule has 0 atom stereocenters. The number of carbonyl (C=O) groups excluding carboxylic acids is 1. The molecule has 1 saturated heterocycles. The summed E-state index contributed by atoms with van der Waals surface area (Å²) in [5.41, 5.74) is 3.82. The third kappa shape index (κ3) is 4.29. The number of amides is 1. The van der Waals surface area contributed by atoms with E-state index in [0.29, 0.717) is 41.5 Å². The van der Waals surface area contributed by atoms with Crippen molar-refractivity contribution in [3.63, 3.8) is 0 Å². The number of fused-ring (bicyclic) bond motifs is 1. The monoisotopic (exact) mass is 472 g/mol. The molecule has 1 aliphatic heterocycles. The summed E-state index contributed by atoms with van der Waals surface area (Å²) in [5.74, 6) is 0.859. The molecule has 1 aliphatic rings. The number of pyridine rings is 2. The largest absolute Gasteiger partial charge is 0.492 e. The van der Waals surface area contributed by atoms with Gasteiger partial charge in [0.05, 0.1) is 34.1 Å². The molecular weight excluding hydrogens is 448 g/mol. The van der Waals surface area contributed by atoms with E-state index in [1.165, 1.54) is 0 Å². The first-order chi connectivity index (χ1) is 16.7. The van der Waals surface area contributed by atoms with E-state index in [1.807, 2.05) is 60.4 Å². The number of rotatable bonds is 5. The highest BCUT2D eigenvalue weighted by Crippen LogP contribution is 2.31. The lowest BCUT2D eigenvalue weighted by atomic mass is 10.0. The molecule has 1 amide bonds. The summed E-state index contributed by atoms with van der Waals surface area (Å²) in [7, 11) is 0. The summed E-state index contributed by atoms with van der Waals surface area (Å²) in [6.45, 7) is 5.30. The zero-order chi connectivity index (χ0) is 23.5. The van der Waals surface area contributed by atoms with Gasteiger partial charge in [0.2, 0.25) is 0 Å². The first-order valence-corrected chi connectivity index (χ1v) is 11.8. The zero-order valence-corrected chi connectivity index (χ0v) is 19.7. The lowest BCUT2D eigenvalue weighted by Crippen LogP contribution is -2.49. The van der Waals surface area contributed by atoms with Gasteiger partial charge in [-0.05, 0) is 43.3 Å². The Kier molecular flexibility index (Phi) is 6.32. The van der Waals surface area contributed by atoms with Gasteiger partial charge in [-0.3, -0.25) is 9.78 Å². The molecule has 3 heterocycles. The highest BCUT2D eigenvalue weighted by atomic mass is 35.5. The Bertz CT molecular complexity index is 1320. The molecule has 1 fully saturated rings. The average molecular weight is 473 g/mol. The predicted molar refractivity (Wildman–Crippen MR) is 136 cm³/mol. The van der Waals surface area contributed by atoms with Crippen LogP contribution in [0, 0.1) is 0 Å². The normalized spacial score (nSPS) is 13.8. The van der Waals surface area contributed by atoms with Crippen molar-refractivity contribution in [2.75, 3.05) is 37.7 Å². The molecule has 172 valence electrons. The second-order valence-electron chi connectivity index (χ2n) is 8.11. The molecule has 0 spiro atoms. The van der Waals surface area contributed by atoms with Crippen LogP contribution >= 0.6 is 11.6 Å². The van der Waals surface area contributed by atoms with Gasteiger partial charge in [0, 0.05) is 49.5 Å². The number of carbonyl (C=O) groups is 1. The summed E-state index contributed by atoms with van der Waals surface area (Å²) in [6, 6.07) is 19.3. The molecule has 4 aromatic rings. The molecular formula is C27H25ClN4O2. The van der Waals surface area contributed by atoms with Crippen molar-refractivity contribution in [2.24, 2.45) is 0 Å². The van der Waals surface area contributed by atoms with Crippen LogP contribution in [-0.4, -0.2) is 53.6 Å². The van der Waals surface area contributed by atoms with Gasteiger partial charge in [-0.2, -0.15) is 0 Å². The minimum absolute atomic E-state index is 0.0162. The van der Waals surface area contributed by atoms with Gasteiger partial charge < -0.3 is 14.5 Å². The molecule has 2 aromatic heterocycles.